The molecule has 0 amide bonds. The summed E-state index contributed by atoms with van der Waals surface area (Å²) in [7, 11) is 0. The number of carbonyl (C=O) groups excluding carboxylic acids is 2. The summed E-state index contributed by atoms with van der Waals surface area (Å²) in [6.07, 6.45) is 0. The van der Waals surface area contributed by atoms with Crippen molar-refractivity contribution in [3.63, 3.8) is 0 Å². The number of rotatable bonds is 1. The van der Waals surface area contributed by atoms with Crippen molar-refractivity contribution in [3.05, 3.63) is 41.5 Å². The Hall–Kier alpha value is -2.10. The Kier molecular flexibility index (Phi) is 2.25. The van der Waals surface area contributed by atoms with Crippen LogP contribution >= 0.6 is 0 Å². The minimum Gasteiger partial charge on any atom is -0.872 e. The van der Waals surface area contributed by atoms with E-state index in [1.54, 1.807) is 30.3 Å². The monoisotopic (exact) mass is 203 g/mol. The number of Topliss-reactive ketones (excluding diaryl/α,β-unsaturated/α-hetero) is 1. The maximum Gasteiger partial charge on any atom is 0.379 e. The van der Waals surface area contributed by atoms with Crippen molar-refractivity contribution in [2.45, 2.75) is 0 Å². The van der Waals surface area contributed by atoms with Crippen molar-refractivity contribution in [3.8, 4) is 0 Å². The van der Waals surface area contributed by atoms with Crippen molar-refractivity contribution in [1.29, 1.82) is 0 Å². The molecule has 4 heteroatoms. The highest BCUT2D eigenvalue weighted by Crippen LogP contribution is 2.18. The van der Waals surface area contributed by atoms with Crippen LogP contribution < -0.4 is 5.11 Å². The van der Waals surface area contributed by atoms with E-state index in [-0.39, 0.29) is 12.2 Å². The van der Waals surface area contributed by atoms with Crippen LogP contribution in [0.4, 0.5) is 0 Å². The van der Waals surface area contributed by atoms with Gasteiger partial charge in [0.15, 0.2) is 0 Å². The summed E-state index contributed by atoms with van der Waals surface area (Å²) in [5.74, 6) is -2.22. The first-order valence-electron chi connectivity index (χ1n) is 4.37. The zero-order valence-corrected chi connectivity index (χ0v) is 7.73. The summed E-state index contributed by atoms with van der Waals surface area (Å²) in [4.78, 5) is 22.0. The molecular formula is C11H7O4-. The molecule has 1 aliphatic rings. The summed E-state index contributed by atoms with van der Waals surface area (Å²) in [5, 5.41) is 11.7. The van der Waals surface area contributed by atoms with Gasteiger partial charge in [-0.15, -0.1) is 0 Å². The van der Waals surface area contributed by atoms with Gasteiger partial charge in [0.25, 0.3) is 5.78 Å². The molecule has 15 heavy (non-hydrogen) atoms. The van der Waals surface area contributed by atoms with E-state index in [4.69, 9.17) is 0 Å². The fourth-order valence-electron chi connectivity index (χ4n) is 1.32. The minimum atomic E-state index is -0.950. The molecule has 0 N–H and O–H groups in total. The zero-order chi connectivity index (χ0) is 10.8. The smallest absolute Gasteiger partial charge is 0.379 e. The molecule has 0 spiro atoms. The molecule has 0 aromatic heterocycles. The number of ether oxygens (including phenoxy) is 1. The van der Waals surface area contributed by atoms with Gasteiger partial charge in [-0.3, -0.25) is 4.79 Å². The molecule has 0 unspecified atom stereocenters. The highest BCUT2D eigenvalue weighted by atomic mass is 16.5. The van der Waals surface area contributed by atoms with Gasteiger partial charge in [0.2, 0.25) is 0 Å². The highest BCUT2D eigenvalue weighted by Gasteiger charge is 2.29. The Bertz CT molecular complexity index is 445. The average Bonchev–Trinajstić information content (AvgIpc) is 2.60. The standard InChI is InChI=1S/C11H8O4/c12-9(7-4-2-1-3-5-7)8-6-15-11(14)10(8)13/h1-5,12H,6H2/p-1/b9-8-. The third-order valence-electron chi connectivity index (χ3n) is 2.12. The second-order valence-corrected chi connectivity index (χ2v) is 3.08. The summed E-state index contributed by atoms with van der Waals surface area (Å²) in [5.41, 5.74) is 0.297. The average molecular weight is 203 g/mol. The number of benzene rings is 1. The van der Waals surface area contributed by atoms with Crippen molar-refractivity contribution < 1.29 is 19.4 Å². The number of esters is 1. The normalized spacial score (nSPS) is 18.9. The molecule has 76 valence electrons. The molecule has 0 radical (unpaired) electrons. The van der Waals surface area contributed by atoms with E-state index in [0.29, 0.717) is 5.56 Å². The number of hydrogen-bond acceptors (Lipinski definition) is 4. The number of ketones is 1. The second-order valence-electron chi connectivity index (χ2n) is 3.08. The van der Waals surface area contributed by atoms with Gasteiger partial charge in [-0.25, -0.2) is 4.79 Å². The Morgan fingerprint density at radius 3 is 2.40 bits per heavy atom. The molecule has 2 rings (SSSR count). The lowest BCUT2D eigenvalue weighted by Gasteiger charge is -2.13. The van der Waals surface area contributed by atoms with Gasteiger partial charge < -0.3 is 9.84 Å². The van der Waals surface area contributed by atoms with Crippen LogP contribution in [-0.4, -0.2) is 18.4 Å². The van der Waals surface area contributed by atoms with Crippen LogP contribution in [-0.2, 0) is 14.3 Å². The predicted octanol–water partition coefficient (Wildman–Crippen LogP) is -0.116. The van der Waals surface area contributed by atoms with Gasteiger partial charge in [-0.05, 0) is 5.56 Å². The predicted molar refractivity (Wildman–Crippen MR) is 49.3 cm³/mol. The molecule has 0 atom stereocenters. The van der Waals surface area contributed by atoms with Crippen LogP contribution in [0, 0.1) is 0 Å². The summed E-state index contributed by atoms with van der Waals surface area (Å²) < 4.78 is 4.47. The Balaban J connectivity index is 2.43. The van der Waals surface area contributed by atoms with E-state index in [9.17, 15) is 14.7 Å². The van der Waals surface area contributed by atoms with Crippen LogP contribution in [0.5, 0.6) is 0 Å². The van der Waals surface area contributed by atoms with Crippen molar-refractivity contribution in [1.82, 2.24) is 0 Å². The van der Waals surface area contributed by atoms with E-state index in [1.807, 2.05) is 0 Å². The maximum absolute atomic E-state index is 11.7. The highest BCUT2D eigenvalue weighted by molar-refractivity contribution is 6.43. The van der Waals surface area contributed by atoms with E-state index in [2.05, 4.69) is 4.74 Å². The molecule has 0 aliphatic carbocycles. The van der Waals surface area contributed by atoms with Crippen LogP contribution in [0.25, 0.3) is 5.76 Å². The largest absolute Gasteiger partial charge is 0.872 e. The van der Waals surface area contributed by atoms with E-state index in [1.165, 1.54) is 0 Å². The SMILES string of the molecule is O=C1OC/C(=C(/[O-])c2ccccc2)C1=O. The van der Waals surface area contributed by atoms with Crippen LogP contribution in [0.2, 0.25) is 0 Å². The molecule has 1 heterocycles. The first kappa shape index (κ1) is 9.45. The van der Waals surface area contributed by atoms with Crippen LogP contribution in [0.15, 0.2) is 35.9 Å². The molecule has 1 aliphatic heterocycles. The maximum atomic E-state index is 11.7. The molecule has 1 aromatic carbocycles. The molecule has 1 fully saturated rings. The number of hydrogen-bond donors (Lipinski definition) is 0. The fourth-order valence-corrected chi connectivity index (χ4v) is 1.32. The summed E-state index contributed by atoms with van der Waals surface area (Å²) in [6, 6.07) is 8.32. The van der Waals surface area contributed by atoms with Gasteiger partial charge in [0.05, 0.1) is 0 Å². The second kappa shape index (κ2) is 3.57. The van der Waals surface area contributed by atoms with Gasteiger partial charge in [-0.1, -0.05) is 36.1 Å². The topological polar surface area (TPSA) is 66.4 Å². The zero-order valence-electron chi connectivity index (χ0n) is 7.73. The third-order valence-corrected chi connectivity index (χ3v) is 2.12. The molecule has 1 aromatic rings. The first-order valence-corrected chi connectivity index (χ1v) is 4.37. The quantitative estimate of drug-likeness (QED) is 0.276. The molecule has 4 nitrogen and oxygen atoms in total. The number of cyclic esters (lactones) is 1. The van der Waals surface area contributed by atoms with Crippen LogP contribution in [0.1, 0.15) is 5.56 Å². The Morgan fingerprint density at radius 2 is 1.87 bits per heavy atom. The van der Waals surface area contributed by atoms with Crippen molar-refractivity contribution in [2.75, 3.05) is 6.61 Å². The minimum absolute atomic E-state index is 0.0915. The van der Waals surface area contributed by atoms with Gasteiger partial charge in [-0.2, -0.15) is 0 Å². The summed E-state index contributed by atoms with van der Waals surface area (Å²) >= 11 is 0. The lowest BCUT2D eigenvalue weighted by Crippen LogP contribution is -2.13. The number of carbonyl (C=O) groups is 2. The first-order chi connectivity index (χ1) is 7.20. The molecule has 0 bridgehead atoms. The third kappa shape index (κ3) is 1.61. The van der Waals surface area contributed by atoms with E-state index >= 15 is 0 Å². The van der Waals surface area contributed by atoms with E-state index < -0.39 is 17.5 Å². The lowest BCUT2D eigenvalue weighted by atomic mass is 10.1. The fraction of sp³-hybridized carbons (Fsp3) is 0.0909. The van der Waals surface area contributed by atoms with Crippen molar-refractivity contribution >= 4 is 17.5 Å². The molecular weight excluding hydrogens is 196 g/mol. The Morgan fingerprint density at radius 1 is 1.20 bits per heavy atom. The van der Waals surface area contributed by atoms with Crippen LogP contribution in [0.3, 0.4) is 0 Å². The van der Waals surface area contributed by atoms with Gasteiger partial charge >= 0.3 is 5.97 Å². The van der Waals surface area contributed by atoms with E-state index in [0.717, 1.165) is 0 Å². The lowest BCUT2D eigenvalue weighted by molar-refractivity contribution is -0.245. The molecule has 0 saturated carbocycles. The van der Waals surface area contributed by atoms with Gasteiger partial charge in [0, 0.05) is 5.57 Å². The summed E-state index contributed by atoms with van der Waals surface area (Å²) in [6.45, 7) is -0.217. The van der Waals surface area contributed by atoms with Gasteiger partial charge in [0.1, 0.15) is 6.61 Å². The van der Waals surface area contributed by atoms with Crippen molar-refractivity contribution in [2.24, 2.45) is 0 Å². The Labute approximate surface area is 85.8 Å². The molecule has 1 saturated heterocycles.